The van der Waals surface area contributed by atoms with Crippen molar-refractivity contribution in [1.29, 1.82) is 0 Å². The van der Waals surface area contributed by atoms with E-state index < -0.39 is 9.84 Å². The molecule has 0 amide bonds. The highest BCUT2D eigenvalue weighted by atomic mass is 32.2. The third-order valence-corrected chi connectivity index (χ3v) is 6.07. The van der Waals surface area contributed by atoms with Crippen LogP contribution in [0.2, 0.25) is 0 Å². The molecule has 1 aliphatic heterocycles. The molecule has 0 atom stereocenters. The number of aliphatic imine (C=N–C) groups is 1. The SMILES string of the molecule is CCNC(=NCCOCCS(C)(=O)=O)NC1CCN(C2CCCC2)CC1. The van der Waals surface area contributed by atoms with Gasteiger partial charge in [-0.2, -0.15) is 0 Å². The third kappa shape index (κ3) is 8.22. The van der Waals surface area contributed by atoms with Gasteiger partial charge in [-0.05, 0) is 32.6 Å². The molecule has 1 saturated heterocycles. The zero-order valence-electron chi connectivity index (χ0n) is 16.4. The molecule has 0 bridgehead atoms. The van der Waals surface area contributed by atoms with Crippen LogP contribution in [0.15, 0.2) is 4.99 Å². The van der Waals surface area contributed by atoms with Crippen LogP contribution in [-0.4, -0.2) is 82.8 Å². The number of piperidine rings is 1. The average Bonchev–Trinajstić information content (AvgIpc) is 3.12. The van der Waals surface area contributed by atoms with Gasteiger partial charge in [-0.15, -0.1) is 0 Å². The van der Waals surface area contributed by atoms with Crippen LogP contribution in [0, 0.1) is 0 Å². The number of nitrogens with one attached hydrogen (secondary N) is 2. The van der Waals surface area contributed by atoms with Crippen LogP contribution in [0.1, 0.15) is 45.4 Å². The molecule has 8 heteroatoms. The molecule has 2 rings (SSSR count). The number of rotatable bonds is 9. The number of nitrogens with zero attached hydrogens (tertiary/aromatic N) is 2. The Hall–Kier alpha value is -0.860. The summed E-state index contributed by atoms with van der Waals surface area (Å²) in [6, 6.07) is 1.29. The highest BCUT2D eigenvalue weighted by Gasteiger charge is 2.27. The Morgan fingerprint density at radius 2 is 1.85 bits per heavy atom. The van der Waals surface area contributed by atoms with E-state index in [0.29, 0.717) is 19.2 Å². The Balaban J connectivity index is 1.66. The minimum Gasteiger partial charge on any atom is -0.378 e. The topological polar surface area (TPSA) is 83.0 Å². The van der Waals surface area contributed by atoms with Gasteiger partial charge in [0.25, 0.3) is 0 Å². The third-order valence-electron chi connectivity index (χ3n) is 5.16. The molecule has 0 aromatic rings. The van der Waals surface area contributed by atoms with E-state index in [0.717, 1.165) is 31.4 Å². The minimum atomic E-state index is -2.96. The molecule has 2 fully saturated rings. The van der Waals surface area contributed by atoms with Crippen LogP contribution in [0.25, 0.3) is 0 Å². The highest BCUT2D eigenvalue weighted by Crippen LogP contribution is 2.26. The lowest BCUT2D eigenvalue weighted by Crippen LogP contribution is -2.50. The molecule has 152 valence electrons. The van der Waals surface area contributed by atoms with E-state index >= 15 is 0 Å². The van der Waals surface area contributed by atoms with Crippen LogP contribution in [-0.2, 0) is 14.6 Å². The first kappa shape index (κ1) is 21.4. The van der Waals surface area contributed by atoms with E-state index in [2.05, 4.69) is 27.4 Å². The van der Waals surface area contributed by atoms with Gasteiger partial charge in [0.15, 0.2) is 5.96 Å². The molecule has 2 N–H and O–H groups in total. The van der Waals surface area contributed by atoms with E-state index in [1.165, 1.54) is 45.0 Å². The molecule has 0 unspecified atom stereocenters. The fraction of sp³-hybridized carbons (Fsp3) is 0.944. The normalized spacial score (nSPS) is 21.2. The standard InChI is InChI=1S/C18H36N4O3S/c1-3-19-18(20-10-13-25-14-15-26(2,23)24)21-16-8-11-22(12-9-16)17-6-4-5-7-17/h16-17H,3-15H2,1-2H3,(H2,19,20,21). The zero-order valence-corrected chi connectivity index (χ0v) is 17.2. The van der Waals surface area contributed by atoms with Crippen molar-refractivity contribution in [3.8, 4) is 0 Å². The molecule has 1 saturated carbocycles. The highest BCUT2D eigenvalue weighted by molar-refractivity contribution is 7.90. The van der Waals surface area contributed by atoms with Gasteiger partial charge in [0, 0.05) is 38.0 Å². The van der Waals surface area contributed by atoms with Crippen LogP contribution in [0.3, 0.4) is 0 Å². The summed E-state index contributed by atoms with van der Waals surface area (Å²) >= 11 is 0. The Labute approximate surface area is 158 Å². The summed E-state index contributed by atoms with van der Waals surface area (Å²) in [5.41, 5.74) is 0. The van der Waals surface area contributed by atoms with Crippen molar-refractivity contribution in [2.45, 2.75) is 57.5 Å². The molecule has 0 spiro atoms. The molecule has 26 heavy (non-hydrogen) atoms. The molecule has 2 aliphatic rings. The molecule has 7 nitrogen and oxygen atoms in total. The quantitative estimate of drug-likeness (QED) is 0.348. The van der Waals surface area contributed by atoms with Crippen LogP contribution in [0.4, 0.5) is 0 Å². The maximum Gasteiger partial charge on any atom is 0.191 e. The number of guanidine groups is 1. The van der Waals surface area contributed by atoms with E-state index in [1.54, 1.807) is 0 Å². The number of hydrogen-bond acceptors (Lipinski definition) is 5. The van der Waals surface area contributed by atoms with Crippen molar-refractivity contribution < 1.29 is 13.2 Å². The molecule has 0 aromatic heterocycles. The number of ether oxygens (including phenoxy) is 1. The van der Waals surface area contributed by atoms with E-state index in [-0.39, 0.29) is 12.4 Å². The maximum absolute atomic E-state index is 11.1. The van der Waals surface area contributed by atoms with Crippen molar-refractivity contribution in [2.24, 2.45) is 4.99 Å². The molecular weight excluding hydrogens is 352 g/mol. The number of likely N-dealkylation sites (tertiary alicyclic amines) is 1. The van der Waals surface area contributed by atoms with Crippen molar-refractivity contribution in [1.82, 2.24) is 15.5 Å². The molecule has 1 aliphatic carbocycles. The Morgan fingerprint density at radius 1 is 1.15 bits per heavy atom. The molecule has 0 radical (unpaired) electrons. The second-order valence-electron chi connectivity index (χ2n) is 7.40. The first-order valence-electron chi connectivity index (χ1n) is 10.0. The fourth-order valence-corrected chi connectivity index (χ4v) is 4.15. The summed E-state index contributed by atoms with van der Waals surface area (Å²) in [5.74, 6) is 0.896. The molecular formula is C18H36N4O3S. The van der Waals surface area contributed by atoms with Gasteiger partial charge in [-0.25, -0.2) is 8.42 Å². The molecule has 0 aromatic carbocycles. The van der Waals surface area contributed by atoms with E-state index in [9.17, 15) is 8.42 Å². The van der Waals surface area contributed by atoms with Crippen molar-refractivity contribution in [2.75, 3.05) is 51.4 Å². The van der Waals surface area contributed by atoms with Crippen LogP contribution >= 0.6 is 0 Å². The lowest BCUT2D eigenvalue weighted by Gasteiger charge is -2.36. The molecule has 1 heterocycles. The smallest absolute Gasteiger partial charge is 0.191 e. The predicted octanol–water partition coefficient (Wildman–Crippen LogP) is 1.01. The number of hydrogen-bond donors (Lipinski definition) is 2. The summed E-state index contributed by atoms with van der Waals surface area (Å²) in [4.78, 5) is 7.22. The Bertz CT molecular complexity index is 525. The van der Waals surface area contributed by atoms with Crippen LogP contribution in [0.5, 0.6) is 0 Å². The van der Waals surface area contributed by atoms with Crippen LogP contribution < -0.4 is 10.6 Å². The van der Waals surface area contributed by atoms with Gasteiger partial charge in [0.05, 0.1) is 25.5 Å². The monoisotopic (exact) mass is 388 g/mol. The van der Waals surface area contributed by atoms with Gasteiger partial charge in [-0.3, -0.25) is 4.99 Å². The van der Waals surface area contributed by atoms with E-state index in [4.69, 9.17) is 4.74 Å². The predicted molar refractivity (Wildman–Crippen MR) is 106 cm³/mol. The zero-order chi connectivity index (χ0) is 18.8. The Morgan fingerprint density at radius 3 is 2.46 bits per heavy atom. The first-order valence-corrected chi connectivity index (χ1v) is 12.1. The minimum absolute atomic E-state index is 0.0641. The van der Waals surface area contributed by atoms with Gasteiger partial charge >= 0.3 is 0 Å². The second kappa shape index (κ2) is 11.1. The number of sulfone groups is 1. The van der Waals surface area contributed by atoms with Gasteiger partial charge in [0.2, 0.25) is 0 Å². The lowest BCUT2D eigenvalue weighted by molar-refractivity contribution is 0.149. The summed E-state index contributed by atoms with van der Waals surface area (Å²) in [5, 5.41) is 6.83. The second-order valence-corrected chi connectivity index (χ2v) is 9.66. The maximum atomic E-state index is 11.1. The van der Waals surface area contributed by atoms with Crippen molar-refractivity contribution in [3.63, 3.8) is 0 Å². The fourth-order valence-electron chi connectivity index (χ4n) is 3.73. The average molecular weight is 389 g/mol. The van der Waals surface area contributed by atoms with Gasteiger partial charge < -0.3 is 20.3 Å². The first-order chi connectivity index (χ1) is 12.5. The largest absolute Gasteiger partial charge is 0.378 e. The van der Waals surface area contributed by atoms with Crippen molar-refractivity contribution >= 4 is 15.8 Å². The summed E-state index contributed by atoms with van der Waals surface area (Å²) in [7, 11) is -2.96. The lowest BCUT2D eigenvalue weighted by atomic mass is 10.0. The Kier molecular flexibility index (Phi) is 9.15. The summed E-state index contributed by atoms with van der Waals surface area (Å²) < 4.78 is 27.5. The van der Waals surface area contributed by atoms with Gasteiger partial charge in [-0.1, -0.05) is 12.8 Å². The van der Waals surface area contributed by atoms with E-state index in [1.807, 2.05) is 0 Å². The summed E-state index contributed by atoms with van der Waals surface area (Å²) in [6.07, 6.45) is 9.08. The summed E-state index contributed by atoms with van der Waals surface area (Å²) in [6.45, 7) is 6.43. The van der Waals surface area contributed by atoms with Crippen molar-refractivity contribution in [3.05, 3.63) is 0 Å². The van der Waals surface area contributed by atoms with Gasteiger partial charge in [0.1, 0.15) is 9.84 Å².